The van der Waals surface area contributed by atoms with E-state index >= 15 is 0 Å². The molecule has 4 bridgehead atoms. The molecule has 4 rings (SSSR count). The normalized spacial score (nSPS) is 43.2. The molecule has 4 fully saturated rings. The molecule has 1 amide bonds. The molecule has 18 heavy (non-hydrogen) atoms. The lowest BCUT2D eigenvalue weighted by molar-refractivity contribution is -0.129. The summed E-state index contributed by atoms with van der Waals surface area (Å²) in [5.41, 5.74) is 6.09. The van der Waals surface area contributed by atoms with Gasteiger partial charge in [0, 0.05) is 5.54 Å². The van der Waals surface area contributed by atoms with E-state index in [0.29, 0.717) is 0 Å². The lowest BCUT2D eigenvalue weighted by Gasteiger charge is -2.57. The first-order chi connectivity index (χ1) is 8.47. The molecule has 0 radical (unpaired) electrons. The standard InChI is InChI=1S/C15H26N2O/c1-9(2)13(16)14(18)17-15-6-10-3-11(7-15)5-12(4-10)8-15/h9-13H,3-8,16H2,1-2H3,(H,17,18)/t10?,11?,12?,13-,15?/m1/s1. The van der Waals surface area contributed by atoms with Crippen molar-refractivity contribution in [3.63, 3.8) is 0 Å². The highest BCUT2D eigenvalue weighted by Crippen LogP contribution is 2.55. The lowest BCUT2D eigenvalue weighted by Crippen LogP contribution is -2.62. The van der Waals surface area contributed by atoms with Crippen LogP contribution >= 0.6 is 0 Å². The third-order valence-corrected chi connectivity index (χ3v) is 5.45. The molecule has 4 saturated carbocycles. The maximum Gasteiger partial charge on any atom is 0.237 e. The molecule has 4 aliphatic carbocycles. The van der Waals surface area contributed by atoms with E-state index in [9.17, 15) is 4.79 Å². The van der Waals surface area contributed by atoms with Gasteiger partial charge >= 0.3 is 0 Å². The van der Waals surface area contributed by atoms with Crippen molar-refractivity contribution >= 4 is 5.91 Å². The van der Waals surface area contributed by atoms with Gasteiger partial charge in [-0.2, -0.15) is 0 Å². The van der Waals surface area contributed by atoms with Gasteiger partial charge in [-0.3, -0.25) is 4.79 Å². The van der Waals surface area contributed by atoms with Gasteiger partial charge in [-0.15, -0.1) is 0 Å². The first-order valence-electron chi connectivity index (χ1n) is 7.55. The zero-order chi connectivity index (χ0) is 12.9. The second-order valence-electron chi connectivity index (χ2n) is 7.46. The van der Waals surface area contributed by atoms with Gasteiger partial charge in [-0.1, -0.05) is 13.8 Å². The summed E-state index contributed by atoms with van der Waals surface area (Å²) in [6, 6.07) is -0.349. The van der Waals surface area contributed by atoms with Crippen molar-refractivity contribution in [3.8, 4) is 0 Å². The number of rotatable bonds is 3. The lowest BCUT2D eigenvalue weighted by atomic mass is 9.53. The Balaban J connectivity index is 1.70. The van der Waals surface area contributed by atoms with Gasteiger partial charge in [0.25, 0.3) is 0 Å². The van der Waals surface area contributed by atoms with Crippen LogP contribution in [0.3, 0.4) is 0 Å². The monoisotopic (exact) mass is 250 g/mol. The molecule has 0 aliphatic heterocycles. The number of carbonyl (C=O) groups is 1. The van der Waals surface area contributed by atoms with E-state index in [0.717, 1.165) is 17.8 Å². The van der Waals surface area contributed by atoms with E-state index < -0.39 is 0 Å². The van der Waals surface area contributed by atoms with Crippen LogP contribution in [0.1, 0.15) is 52.4 Å². The van der Waals surface area contributed by atoms with Crippen LogP contribution in [-0.4, -0.2) is 17.5 Å². The Morgan fingerprint density at radius 1 is 1.11 bits per heavy atom. The predicted octanol–water partition coefficient (Wildman–Crippen LogP) is 2.05. The molecule has 1 atom stereocenters. The Bertz CT molecular complexity index is 315. The predicted molar refractivity (Wildman–Crippen MR) is 71.9 cm³/mol. The average Bonchev–Trinajstić information content (AvgIpc) is 2.24. The van der Waals surface area contributed by atoms with E-state index in [1.165, 1.54) is 38.5 Å². The fourth-order valence-corrected chi connectivity index (χ4v) is 4.91. The molecule has 0 aromatic rings. The molecule has 0 unspecified atom stereocenters. The zero-order valence-electron chi connectivity index (χ0n) is 11.6. The van der Waals surface area contributed by atoms with Crippen molar-refractivity contribution in [1.82, 2.24) is 5.32 Å². The molecule has 3 heteroatoms. The van der Waals surface area contributed by atoms with Gasteiger partial charge in [-0.25, -0.2) is 0 Å². The Morgan fingerprint density at radius 3 is 1.94 bits per heavy atom. The molecule has 0 aromatic heterocycles. The van der Waals surface area contributed by atoms with Crippen LogP contribution in [-0.2, 0) is 4.79 Å². The van der Waals surface area contributed by atoms with Crippen LogP contribution in [0.15, 0.2) is 0 Å². The Kier molecular flexibility index (Phi) is 2.92. The molecule has 3 N–H and O–H groups in total. The Labute approximate surface area is 110 Å². The summed E-state index contributed by atoms with van der Waals surface area (Å²) < 4.78 is 0. The van der Waals surface area contributed by atoms with Gasteiger partial charge in [-0.05, 0) is 62.2 Å². The highest BCUT2D eigenvalue weighted by molar-refractivity contribution is 5.82. The van der Waals surface area contributed by atoms with Gasteiger partial charge in [0.1, 0.15) is 0 Å². The topological polar surface area (TPSA) is 55.1 Å². The minimum absolute atomic E-state index is 0.0759. The van der Waals surface area contributed by atoms with Crippen molar-refractivity contribution < 1.29 is 4.79 Å². The molecule has 0 saturated heterocycles. The zero-order valence-corrected chi connectivity index (χ0v) is 11.6. The van der Waals surface area contributed by atoms with Crippen LogP contribution in [0.4, 0.5) is 0 Å². The smallest absolute Gasteiger partial charge is 0.237 e. The van der Waals surface area contributed by atoms with Crippen LogP contribution in [0.2, 0.25) is 0 Å². The SMILES string of the molecule is CC(C)[C@@H](N)C(=O)NC12CC3CC(CC(C3)C1)C2. The van der Waals surface area contributed by atoms with E-state index in [-0.39, 0.29) is 23.4 Å². The third-order valence-electron chi connectivity index (χ3n) is 5.45. The maximum atomic E-state index is 12.2. The highest BCUT2D eigenvalue weighted by Gasteiger charge is 2.51. The molecule has 4 aliphatic rings. The molecule has 0 heterocycles. The van der Waals surface area contributed by atoms with Crippen molar-refractivity contribution in [2.45, 2.75) is 64.0 Å². The minimum Gasteiger partial charge on any atom is -0.349 e. The molecular formula is C15H26N2O. The van der Waals surface area contributed by atoms with E-state index in [4.69, 9.17) is 5.73 Å². The van der Waals surface area contributed by atoms with Gasteiger partial charge < -0.3 is 11.1 Å². The molecule has 102 valence electrons. The van der Waals surface area contributed by atoms with Gasteiger partial charge in [0.05, 0.1) is 6.04 Å². The summed E-state index contributed by atoms with van der Waals surface area (Å²) in [7, 11) is 0. The largest absolute Gasteiger partial charge is 0.349 e. The van der Waals surface area contributed by atoms with Crippen LogP contribution in [0.5, 0.6) is 0 Å². The van der Waals surface area contributed by atoms with Crippen LogP contribution in [0, 0.1) is 23.7 Å². The van der Waals surface area contributed by atoms with Crippen molar-refractivity contribution in [2.75, 3.05) is 0 Å². The Morgan fingerprint density at radius 2 is 1.56 bits per heavy atom. The van der Waals surface area contributed by atoms with Crippen molar-refractivity contribution in [1.29, 1.82) is 0 Å². The summed E-state index contributed by atoms with van der Waals surface area (Å²) in [6.07, 6.45) is 7.84. The second-order valence-corrected chi connectivity index (χ2v) is 7.46. The fourth-order valence-electron chi connectivity index (χ4n) is 4.91. The van der Waals surface area contributed by atoms with Crippen molar-refractivity contribution in [2.24, 2.45) is 29.4 Å². The van der Waals surface area contributed by atoms with E-state index in [1.807, 2.05) is 13.8 Å². The van der Waals surface area contributed by atoms with Gasteiger partial charge in [0.2, 0.25) is 5.91 Å². The van der Waals surface area contributed by atoms with E-state index in [1.54, 1.807) is 0 Å². The maximum absolute atomic E-state index is 12.2. The summed E-state index contributed by atoms with van der Waals surface area (Å²) in [5, 5.41) is 3.34. The summed E-state index contributed by atoms with van der Waals surface area (Å²) in [6.45, 7) is 4.04. The molecule has 0 spiro atoms. The van der Waals surface area contributed by atoms with E-state index in [2.05, 4.69) is 5.32 Å². The summed E-state index contributed by atoms with van der Waals surface area (Å²) >= 11 is 0. The Hall–Kier alpha value is -0.570. The number of carbonyl (C=O) groups excluding carboxylic acids is 1. The summed E-state index contributed by atoms with van der Waals surface area (Å²) in [5.74, 6) is 2.90. The number of amides is 1. The molecular weight excluding hydrogens is 224 g/mol. The third kappa shape index (κ3) is 2.07. The van der Waals surface area contributed by atoms with Crippen molar-refractivity contribution in [3.05, 3.63) is 0 Å². The van der Waals surface area contributed by atoms with Crippen LogP contribution < -0.4 is 11.1 Å². The minimum atomic E-state index is -0.349. The number of hydrogen-bond acceptors (Lipinski definition) is 2. The first kappa shape index (κ1) is 12.5. The van der Waals surface area contributed by atoms with Gasteiger partial charge in [0.15, 0.2) is 0 Å². The number of hydrogen-bond donors (Lipinski definition) is 2. The molecule has 0 aromatic carbocycles. The second kappa shape index (κ2) is 4.22. The van der Waals surface area contributed by atoms with Crippen LogP contribution in [0.25, 0.3) is 0 Å². The number of nitrogens with two attached hydrogens (primary N) is 1. The number of nitrogens with one attached hydrogen (secondary N) is 1. The highest BCUT2D eigenvalue weighted by atomic mass is 16.2. The fraction of sp³-hybridized carbons (Fsp3) is 0.933. The summed E-state index contributed by atoms with van der Waals surface area (Å²) in [4.78, 5) is 12.2. The molecule has 3 nitrogen and oxygen atoms in total. The first-order valence-corrected chi connectivity index (χ1v) is 7.55. The average molecular weight is 250 g/mol. The quantitative estimate of drug-likeness (QED) is 0.805.